The number of nitrogens with zero attached hydrogens (tertiary/aromatic N) is 2. The molecule has 0 saturated heterocycles. The largest absolute Gasteiger partial charge is 0.403 e. The zero-order valence-corrected chi connectivity index (χ0v) is 20.8. The minimum absolute atomic E-state index is 0.655. The first-order valence-corrected chi connectivity index (χ1v) is 13.8. The summed E-state index contributed by atoms with van der Waals surface area (Å²) in [6.07, 6.45) is 0. The number of fused-ring (bicyclic) bond motifs is 7. The van der Waals surface area contributed by atoms with Gasteiger partial charge < -0.3 is 4.89 Å². The minimum Gasteiger partial charge on any atom is -0.313 e. The van der Waals surface area contributed by atoms with Crippen molar-refractivity contribution in [3.05, 3.63) is 133 Å². The molecule has 7 rings (SSSR count). The highest BCUT2D eigenvalue weighted by Crippen LogP contribution is 2.66. The summed E-state index contributed by atoms with van der Waals surface area (Å²) in [5.74, 6) is 0. The van der Waals surface area contributed by atoms with Crippen LogP contribution >= 0.6 is 7.67 Å². The number of hydrogen-bond donors (Lipinski definition) is 1. The van der Waals surface area contributed by atoms with Crippen LogP contribution in [0.2, 0.25) is 0 Å². The van der Waals surface area contributed by atoms with Gasteiger partial charge in [-0.05, 0) is 57.9 Å². The molecule has 0 amide bonds. The van der Waals surface area contributed by atoms with E-state index in [0.717, 1.165) is 32.7 Å². The van der Waals surface area contributed by atoms with Gasteiger partial charge >= 0.3 is 7.67 Å². The fourth-order valence-electron chi connectivity index (χ4n) is 5.49. The molecule has 1 aliphatic heterocycles. The van der Waals surface area contributed by atoms with Crippen molar-refractivity contribution in [3.8, 4) is 11.1 Å². The highest BCUT2D eigenvalue weighted by Gasteiger charge is 2.44. The van der Waals surface area contributed by atoms with Gasteiger partial charge in [-0.15, -0.1) is 0 Å². The van der Waals surface area contributed by atoms with Crippen LogP contribution < -0.4 is 9.34 Å². The molecule has 6 aromatic rings. The van der Waals surface area contributed by atoms with Gasteiger partial charge in [0, 0.05) is 11.1 Å². The van der Waals surface area contributed by atoms with Crippen LogP contribution in [0.4, 0.5) is 22.7 Å². The topological polar surface area (TPSA) is 43.8 Å². The summed E-state index contributed by atoms with van der Waals surface area (Å²) in [4.78, 5) is 12.2. The van der Waals surface area contributed by atoms with E-state index in [1.54, 1.807) is 9.34 Å². The van der Waals surface area contributed by atoms with Crippen molar-refractivity contribution in [1.82, 2.24) is 0 Å². The van der Waals surface area contributed by atoms with E-state index in [1.807, 2.05) is 109 Å². The van der Waals surface area contributed by atoms with Crippen molar-refractivity contribution in [2.24, 2.45) is 0 Å². The molecular weight excluding hydrogens is 475 g/mol. The Bertz CT molecular complexity index is 1700. The van der Waals surface area contributed by atoms with E-state index >= 15 is 0 Å². The monoisotopic (exact) mass is 498 g/mol. The van der Waals surface area contributed by atoms with Crippen LogP contribution in [-0.2, 0) is 4.57 Å². The molecule has 1 heterocycles. The maximum absolute atomic E-state index is 14.9. The van der Waals surface area contributed by atoms with Gasteiger partial charge in [0.15, 0.2) is 0 Å². The molecule has 0 spiro atoms. The van der Waals surface area contributed by atoms with Crippen molar-refractivity contribution >= 4 is 52.0 Å². The second kappa shape index (κ2) is 8.35. The molecule has 178 valence electrons. The van der Waals surface area contributed by atoms with Crippen LogP contribution in [0.1, 0.15) is 0 Å². The van der Waals surface area contributed by atoms with Crippen molar-refractivity contribution in [2.75, 3.05) is 9.34 Å². The summed E-state index contributed by atoms with van der Waals surface area (Å²) in [7, 11) is -4.25. The predicted octanol–water partition coefficient (Wildman–Crippen LogP) is 9.05. The first kappa shape index (κ1) is 21.9. The van der Waals surface area contributed by atoms with Crippen molar-refractivity contribution in [1.29, 1.82) is 0 Å². The Labute approximate surface area is 215 Å². The fourth-order valence-corrected chi connectivity index (χ4v) is 7.43. The third-order valence-corrected chi connectivity index (χ3v) is 8.98. The van der Waals surface area contributed by atoms with Crippen LogP contribution in [0, 0.1) is 0 Å². The summed E-state index contributed by atoms with van der Waals surface area (Å²) >= 11 is 0. The van der Waals surface area contributed by atoms with Gasteiger partial charge in [-0.1, -0.05) is 97.1 Å². The normalized spacial score (nSPS) is 14.3. The third-order valence-electron chi connectivity index (χ3n) is 7.04. The molecule has 4 nitrogen and oxygen atoms in total. The molecule has 0 saturated carbocycles. The van der Waals surface area contributed by atoms with E-state index in [9.17, 15) is 9.46 Å². The molecule has 5 heteroatoms. The predicted molar refractivity (Wildman–Crippen MR) is 154 cm³/mol. The van der Waals surface area contributed by atoms with Crippen LogP contribution in [0.3, 0.4) is 0 Å². The Morgan fingerprint density at radius 2 is 0.838 bits per heavy atom. The van der Waals surface area contributed by atoms with Gasteiger partial charge in [0.2, 0.25) is 0 Å². The molecule has 0 bridgehead atoms. The molecule has 0 radical (unpaired) electrons. The smallest absolute Gasteiger partial charge is 0.313 e. The minimum atomic E-state index is -4.25. The lowest BCUT2D eigenvalue weighted by atomic mass is 9.90. The van der Waals surface area contributed by atoms with Crippen LogP contribution in [0.15, 0.2) is 133 Å². The van der Waals surface area contributed by atoms with Crippen molar-refractivity contribution in [2.45, 2.75) is 0 Å². The van der Waals surface area contributed by atoms with Gasteiger partial charge in [-0.2, -0.15) is 0 Å². The lowest BCUT2D eigenvalue weighted by molar-refractivity contribution is 0.478. The molecule has 1 N–H and O–H groups in total. The summed E-state index contributed by atoms with van der Waals surface area (Å²) in [5.41, 5.74) is 4.60. The maximum Gasteiger partial charge on any atom is 0.403 e. The molecule has 0 unspecified atom stereocenters. The van der Waals surface area contributed by atoms with E-state index in [1.165, 1.54) is 0 Å². The van der Waals surface area contributed by atoms with Gasteiger partial charge in [0.1, 0.15) is 0 Å². The average Bonchev–Trinajstić information content (AvgIpc) is 3.03. The molecule has 0 aromatic heterocycles. The molecule has 0 atom stereocenters. The first-order valence-electron chi connectivity index (χ1n) is 12.2. The average molecular weight is 499 g/mol. The van der Waals surface area contributed by atoms with E-state index in [4.69, 9.17) is 0 Å². The van der Waals surface area contributed by atoms with E-state index in [0.29, 0.717) is 22.7 Å². The standard InChI is InChI=1S/C32H23N2O2P/c35-37(36)33(25-13-3-1-4-14-25)29-21-19-23-11-7-9-17-27(23)31(29)32-28-18-10-8-12-24(28)20-22-30(32)34(37)26-15-5-2-6-16-26/h1-22H,(H,35,36). The zero-order chi connectivity index (χ0) is 25.0. The molecule has 6 aromatic carbocycles. The van der Waals surface area contributed by atoms with Crippen molar-refractivity contribution < 1.29 is 9.46 Å². The highest BCUT2D eigenvalue weighted by molar-refractivity contribution is 7.62. The SMILES string of the molecule is O=P1(O)N(c2ccccc2)c2ccc3ccccc3c2-c2c(ccc3ccccc23)N1c1ccccc1. The Morgan fingerprint density at radius 1 is 0.459 bits per heavy atom. The second-order valence-corrected chi connectivity index (χ2v) is 11.0. The maximum atomic E-state index is 14.9. The Morgan fingerprint density at radius 3 is 1.27 bits per heavy atom. The fraction of sp³-hybridized carbons (Fsp3) is 0. The van der Waals surface area contributed by atoms with E-state index < -0.39 is 7.67 Å². The van der Waals surface area contributed by atoms with Gasteiger partial charge in [0.25, 0.3) is 0 Å². The molecule has 0 aliphatic carbocycles. The zero-order valence-electron chi connectivity index (χ0n) is 19.9. The molecule has 1 aliphatic rings. The lowest BCUT2D eigenvalue weighted by Gasteiger charge is -2.36. The summed E-state index contributed by atoms with van der Waals surface area (Å²) < 4.78 is 18.2. The number of hydrogen-bond acceptors (Lipinski definition) is 1. The number of para-hydroxylation sites is 2. The highest BCUT2D eigenvalue weighted by atomic mass is 31.2. The Balaban J connectivity index is 1.72. The van der Waals surface area contributed by atoms with Crippen LogP contribution in [0.5, 0.6) is 0 Å². The summed E-state index contributed by atoms with van der Waals surface area (Å²) in [6, 6.07) is 43.5. The second-order valence-electron chi connectivity index (χ2n) is 9.17. The quantitative estimate of drug-likeness (QED) is 0.242. The number of benzene rings is 6. The third kappa shape index (κ3) is 3.31. The van der Waals surface area contributed by atoms with Gasteiger partial charge in [-0.3, -0.25) is 9.34 Å². The number of anilines is 4. The lowest BCUT2D eigenvalue weighted by Crippen LogP contribution is -2.24. The first-order chi connectivity index (χ1) is 18.1. The Hall–Kier alpha value is -4.37. The Kier molecular flexibility index (Phi) is 4.93. The van der Waals surface area contributed by atoms with Gasteiger partial charge in [-0.25, -0.2) is 4.57 Å². The van der Waals surface area contributed by atoms with E-state index in [-0.39, 0.29) is 0 Å². The molecular formula is C32H23N2O2P. The summed E-state index contributed by atoms with van der Waals surface area (Å²) in [6.45, 7) is 0. The van der Waals surface area contributed by atoms with Gasteiger partial charge in [0.05, 0.1) is 22.7 Å². The number of rotatable bonds is 2. The molecule has 37 heavy (non-hydrogen) atoms. The summed E-state index contributed by atoms with van der Waals surface area (Å²) in [5, 5.41) is 4.23. The van der Waals surface area contributed by atoms with Crippen LogP contribution in [-0.4, -0.2) is 4.89 Å². The molecule has 0 fully saturated rings. The van der Waals surface area contributed by atoms with Crippen molar-refractivity contribution in [3.63, 3.8) is 0 Å². The van der Waals surface area contributed by atoms with Crippen LogP contribution in [0.25, 0.3) is 32.7 Å². The van der Waals surface area contributed by atoms with E-state index in [2.05, 4.69) is 24.3 Å².